The highest BCUT2D eigenvalue weighted by molar-refractivity contribution is 9.10. The molecule has 6 heteroatoms. The highest BCUT2D eigenvalue weighted by atomic mass is 79.9. The summed E-state index contributed by atoms with van der Waals surface area (Å²) in [7, 11) is 0. The molecule has 1 heterocycles. The Morgan fingerprint density at radius 1 is 1.21 bits per heavy atom. The third kappa shape index (κ3) is 3.15. The number of benzene rings is 1. The Hall–Kier alpha value is -0.520. The molecule has 100 valence electrons. The van der Waals surface area contributed by atoms with E-state index in [1.807, 2.05) is 13.8 Å². The molecule has 0 amide bonds. The van der Waals surface area contributed by atoms with Gasteiger partial charge in [0.1, 0.15) is 11.0 Å². The largest absolute Gasteiger partial charge is 0.232 e. The molecule has 0 spiro atoms. The molecule has 19 heavy (non-hydrogen) atoms. The zero-order chi connectivity index (χ0) is 14.2. The summed E-state index contributed by atoms with van der Waals surface area (Å²) >= 11 is 12.6. The first-order valence-electron chi connectivity index (χ1n) is 5.58. The van der Waals surface area contributed by atoms with E-state index < -0.39 is 0 Å². The zero-order valence-corrected chi connectivity index (χ0v) is 14.1. The van der Waals surface area contributed by atoms with Crippen molar-refractivity contribution in [1.29, 1.82) is 0 Å². The van der Waals surface area contributed by atoms with Crippen LogP contribution in [0.15, 0.2) is 27.1 Å². The number of hydrogen-bond acceptors (Lipinski definition) is 2. The first-order chi connectivity index (χ1) is 8.90. The van der Waals surface area contributed by atoms with Gasteiger partial charge in [-0.2, -0.15) is 0 Å². The lowest BCUT2D eigenvalue weighted by Crippen LogP contribution is -2.00. The maximum Gasteiger partial charge on any atom is 0.161 e. The van der Waals surface area contributed by atoms with Crippen molar-refractivity contribution in [2.75, 3.05) is 0 Å². The first-order valence-corrected chi connectivity index (χ1v) is 7.55. The fourth-order valence-electron chi connectivity index (χ4n) is 1.58. The van der Waals surface area contributed by atoms with Crippen molar-refractivity contribution < 1.29 is 4.39 Å². The standard InChI is InChI=1S/C13H10Br2ClFN2/c1-6(2)11-10(15)12(16)19-13(18-11)7-3-4-9(17)8(14)5-7/h3-6H,1-2H3. The van der Waals surface area contributed by atoms with Gasteiger partial charge in [0.05, 0.1) is 14.6 Å². The second kappa shape index (κ2) is 5.85. The average Bonchev–Trinajstić information content (AvgIpc) is 2.35. The molecule has 2 rings (SSSR count). The fraction of sp³-hybridized carbons (Fsp3) is 0.231. The molecule has 0 N–H and O–H groups in total. The first kappa shape index (κ1) is 14.9. The molecule has 0 saturated carbocycles. The maximum atomic E-state index is 13.2. The molecule has 0 bridgehead atoms. The van der Waals surface area contributed by atoms with Gasteiger partial charge in [0.2, 0.25) is 0 Å². The van der Waals surface area contributed by atoms with Crippen LogP contribution >= 0.6 is 43.5 Å². The SMILES string of the molecule is CC(C)c1nc(-c2ccc(F)c(Br)c2)nc(Cl)c1Br. The average molecular weight is 408 g/mol. The monoisotopic (exact) mass is 406 g/mol. The van der Waals surface area contributed by atoms with E-state index in [4.69, 9.17) is 11.6 Å². The molecule has 1 aromatic heterocycles. The maximum absolute atomic E-state index is 13.2. The normalized spacial score (nSPS) is 11.1. The molecule has 0 atom stereocenters. The van der Waals surface area contributed by atoms with Gasteiger partial charge in [-0.05, 0) is 56.0 Å². The van der Waals surface area contributed by atoms with Gasteiger partial charge in [-0.25, -0.2) is 14.4 Å². The van der Waals surface area contributed by atoms with Crippen LogP contribution < -0.4 is 0 Å². The van der Waals surface area contributed by atoms with Crippen LogP contribution in [0, 0.1) is 5.82 Å². The molecule has 2 aromatic rings. The number of aromatic nitrogens is 2. The van der Waals surface area contributed by atoms with Crippen molar-refractivity contribution in [3.63, 3.8) is 0 Å². The van der Waals surface area contributed by atoms with E-state index in [2.05, 4.69) is 41.8 Å². The third-order valence-corrected chi connectivity index (χ3v) is 4.45. The third-order valence-electron chi connectivity index (χ3n) is 2.56. The van der Waals surface area contributed by atoms with Crippen molar-refractivity contribution in [1.82, 2.24) is 9.97 Å². The van der Waals surface area contributed by atoms with Crippen LogP contribution in [0.4, 0.5) is 4.39 Å². The van der Waals surface area contributed by atoms with Crippen LogP contribution in [0.3, 0.4) is 0 Å². The summed E-state index contributed by atoms with van der Waals surface area (Å²) in [4.78, 5) is 8.71. The van der Waals surface area contributed by atoms with Crippen LogP contribution in [0.2, 0.25) is 5.15 Å². The topological polar surface area (TPSA) is 25.8 Å². The Balaban J connectivity index is 2.59. The van der Waals surface area contributed by atoms with Crippen LogP contribution in [0.5, 0.6) is 0 Å². The van der Waals surface area contributed by atoms with E-state index >= 15 is 0 Å². The van der Waals surface area contributed by atoms with Crippen molar-refractivity contribution in [3.8, 4) is 11.4 Å². The summed E-state index contributed by atoms with van der Waals surface area (Å²) < 4.78 is 14.3. The molecule has 0 radical (unpaired) electrons. The number of rotatable bonds is 2. The lowest BCUT2D eigenvalue weighted by atomic mass is 10.1. The molecule has 0 aliphatic rings. The minimum Gasteiger partial charge on any atom is -0.232 e. The Morgan fingerprint density at radius 3 is 2.47 bits per heavy atom. The molecule has 2 nitrogen and oxygen atoms in total. The summed E-state index contributed by atoms with van der Waals surface area (Å²) in [5.41, 5.74) is 1.54. The predicted molar refractivity (Wildman–Crippen MR) is 81.9 cm³/mol. The van der Waals surface area contributed by atoms with Crippen LogP contribution in [-0.4, -0.2) is 9.97 Å². The number of nitrogens with zero attached hydrogens (tertiary/aromatic N) is 2. The Labute approximate surface area is 132 Å². The highest BCUT2D eigenvalue weighted by Gasteiger charge is 2.15. The summed E-state index contributed by atoms with van der Waals surface area (Å²) in [5, 5.41) is 0.356. The summed E-state index contributed by atoms with van der Waals surface area (Å²) in [6, 6.07) is 4.64. The van der Waals surface area contributed by atoms with Gasteiger partial charge in [0.15, 0.2) is 5.82 Å². The van der Waals surface area contributed by atoms with Gasteiger partial charge < -0.3 is 0 Å². The Kier molecular flexibility index (Phi) is 4.58. The molecule has 1 aromatic carbocycles. The summed E-state index contributed by atoms with van der Waals surface area (Å²) in [6.45, 7) is 4.04. The van der Waals surface area contributed by atoms with Crippen LogP contribution in [0.1, 0.15) is 25.5 Å². The number of halogens is 4. The minimum atomic E-state index is -0.323. The van der Waals surface area contributed by atoms with Crippen LogP contribution in [0.25, 0.3) is 11.4 Å². The molecular weight excluding hydrogens is 398 g/mol. The second-order valence-corrected chi connectivity index (χ2v) is 6.33. The molecule has 0 unspecified atom stereocenters. The zero-order valence-electron chi connectivity index (χ0n) is 10.2. The van der Waals surface area contributed by atoms with E-state index in [1.165, 1.54) is 6.07 Å². The quantitative estimate of drug-likeness (QED) is 0.606. The van der Waals surface area contributed by atoms with Crippen LogP contribution in [-0.2, 0) is 0 Å². The van der Waals surface area contributed by atoms with E-state index in [-0.39, 0.29) is 11.7 Å². The van der Waals surface area contributed by atoms with Gasteiger partial charge in [0, 0.05) is 5.56 Å². The molecule has 0 aliphatic carbocycles. The fourth-order valence-corrected chi connectivity index (χ4v) is 2.77. The van der Waals surface area contributed by atoms with Crippen molar-refractivity contribution in [3.05, 3.63) is 43.8 Å². The van der Waals surface area contributed by atoms with E-state index in [0.29, 0.717) is 25.5 Å². The predicted octanol–water partition coefficient (Wildman–Crippen LogP) is 5.58. The summed E-state index contributed by atoms with van der Waals surface area (Å²) in [5.74, 6) is 0.367. The van der Waals surface area contributed by atoms with Crippen molar-refractivity contribution in [2.24, 2.45) is 0 Å². The van der Waals surface area contributed by atoms with Gasteiger partial charge in [-0.15, -0.1) is 0 Å². The lowest BCUT2D eigenvalue weighted by Gasteiger charge is -2.11. The Bertz CT molecular complexity index is 632. The molecule has 0 saturated heterocycles. The number of hydrogen-bond donors (Lipinski definition) is 0. The molecule has 0 fully saturated rings. The van der Waals surface area contributed by atoms with Crippen molar-refractivity contribution >= 4 is 43.5 Å². The Morgan fingerprint density at radius 2 is 1.89 bits per heavy atom. The van der Waals surface area contributed by atoms with Gasteiger partial charge in [-0.3, -0.25) is 0 Å². The van der Waals surface area contributed by atoms with Crippen molar-refractivity contribution in [2.45, 2.75) is 19.8 Å². The molecule has 0 aliphatic heterocycles. The summed E-state index contributed by atoms with van der Waals surface area (Å²) in [6.07, 6.45) is 0. The lowest BCUT2D eigenvalue weighted by molar-refractivity contribution is 0.621. The smallest absolute Gasteiger partial charge is 0.161 e. The van der Waals surface area contributed by atoms with E-state index in [0.717, 1.165) is 5.69 Å². The van der Waals surface area contributed by atoms with Gasteiger partial charge >= 0.3 is 0 Å². The highest BCUT2D eigenvalue weighted by Crippen LogP contribution is 2.32. The van der Waals surface area contributed by atoms with E-state index in [9.17, 15) is 4.39 Å². The van der Waals surface area contributed by atoms with E-state index in [1.54, 1.807) is 12.1 Å². The van der Waals surface area contributed by atoms with Gasteiger partial charge in [-0.1, -0.05) is 25.4 Å². The second-order valence-electron chi connectivity index (χ2n) is 4.32. The van der Waals surface area contributed by atoms with Gasteiger partial charge in [0.25, 0.3) is 0 Å². The minimum absolute atomic E-state index is 0.206. The molecular formula is C13H10Br2ClFN2.